The Bertz CT molecular complexity index is 620. The van der Waals surface area contributed by atoms with Crippen molar-refractivity contribution in [2.75, 3.05) is 6.54 Å². The summed E-state index contributed by atoms with van der Waals surface area (Å²) in [5.41, 5.74) is 1.16. The molecule has 0 fully saturated rings. The molecular weight excluding hydrogens is 302 g/mol. The summed E-state index contributed by atoms with van der Waals surface area (Å²) in [6.45, 7) is 4.62. The average molecular weight is 327 g/mol. The van der Waals surface area contributed by atoms with Gasteiger partial charge in [-0.25, -0.2) is 4.79 Å². The molecule has 0 aliphatic carbocycles. The zero-order valence-electron chi connectivity index (χ0n) is 14.3. The lowest BCUT2D eigenvalue weighted by Crippen LogP contribution is -2.35. The van der Waals surface area contributed by atoms with E-state index in [1.807, 2.05) is 60.7 Å². The maximum atomic E-state index is 12.5. The predicted molar refractivity (Wildman–Crippen MR) is 94.4 cm³/mol. The first-order chi connectivity index (χ1) is 11.4. The van der Waals surface area contributed by atoms with Crippen LogP contribution in [-0.2, 0) is 17.9 Å². The number of benzene rings is 2. The SMILES string of the molecule is CC(C)(O)CCN(Cc1ccccc1)C(=O)OCc1ccccc1. The van der Waals surface area contributed by atoms with E-state index in [0.717, 1.165) is 11.1 Å². The van der Waals surface area contributed by atoms with Gasteiger partial charge in [-0.3, -0.25) is 0 Å². The number of carbonyl (C=O) groups is 1. The Morgan fingerprint density at radius 1 is 1.00 bits per heavy atom. The molecule has 2 aromatic carbocycles. The second-order valence-electron chi connectivity index (χ2n) is 6.51. The van der Waals surface area contributed by atoms with Gasteiger partial charge in [-0.05, 0) is 31.4 Å². The lowest BCUT2D eigenvalue weighted by Gasteiger charge is -2.26. The van der Waals surface area contributed by atoms with E-state index in [1.165, 1.54) is 0 Å². The van der Waals surface area contributed by atoms with E-state index in [1.54, 1.807) is 18.7 Å². The van der Waals surface area contributed by atoms with E-state index in [9.17, 15) is 9.90 Å². The van der Waals surface area contributed by atoms with E-state index >= 15 is 0 Å². The van der Waals surface area contributed by atoms with Crippen molar-refractivity contribution in [2.24, 2.45) is 0 Å². The molecule has 1 amide bonds. The van der Waals surface area contributed by atoms with Crippen molar-refractivity contribution in [1.29, 1.82) is 0 Å². The van der Waals surface area contributed by atoms with Gasteiger partial charge in [0, 0.05) is 13.1 Å². The van der Waals surface area contributed by atoms with Crippen LogP contribution in [0.5, 0.6) is 0 Å². The summed E-state index contributed by atoms with van der Waals surface area (Å²) in [5, 5.41) is 9.94. The summed E-state index contributed by atoms with van der Waals surface area (Å²) in [4.78, 5) is 14.1. The minimum absolute atomic E-state index is 0.244. The fourth-order valence-electron chi connectivity index (χ4n) is 2.26. The maximum absolute atomic E-state index is 12.5. The molecule has 0 aliphatic rings. The van der Waals surface area contributed by atoms with Crippen LogP contribution in [0.3, 0.4) is 0 Å². The minimum Gasteiger partial charge on any atom is -0.445 e. The van der Waals surface area contributed by atoms with Crippen LogP contribution in [0.2, 0.25) is 0 Å². The molecule has 0 heterocycles. The van der Waals surface area contributed by atoms with E-state index < -0.39 is 5.60 Å². The highest BCUT2D eigenvalue weighted by Crippen LogP contribution is 2.13. The molecule has 0 saturated carbocycles. The standard InChI is InChI=1S/C20H25NO3/c1-20(2,23)13-14-21(15-17-9-5-3-6-10-17)19(22)24-16-18-11-7-4-8-12-18/h3-12,23H,13-16H2,1-2H3. The highest BCUT2D eigenvalue weighted by atomic mass is 16.6. The molecule has 4 heteroatoms. The number of hydrogen-bond donors (Lipinski definition) is 1. The quantitative estimate of drug-likeness (QED) is 0.836. The number of rotatable bonds is 7. The van der Waals surface area contributed by atoms with Crippen LogP contribution in [0.4, 0.5) is 4.79 Å². The van der Waals surface area contributed by atoms with Crippen molar-refractivity contribution in [3.8, 4) is 0 Å². The third kappa shape index (κ3) is 6.42. The smallest absolute Gasteiger partial charge is 0.410 e. The van der Waals surface area contributed by atoms with Gasteiger partial charge < -0.3 is 14.7 Å². The monoisotopic (exact) mass is 327 g/mol. The Labute approximate surface area is 143 Å². The molecule has 2 rings (SSSR count). The molecule has 24 heavy (non-hydrogen) atoms. The lowest BCUT2D eigenvalue weighted by molar-refractivity contribution is 0.0487. The first-order valence-corrected chi connectivity index (χ1v) is 8.16. The van der Waals surface area contributed by atoms with Gasteiger partial charge in [-0.15, -0.1) is 0 Å². The normalized spacial score (nSPS) is 11.1. The topological polar surface area (TPSA) is 49.8 Å². The van der Waals surface area contributed by atoms with E-state index in [-0.39, 0.29) is 12.7 Å². The largest absolute Gasteiger partial charge is 0.445 e. The van der Waals surface area contributed by atoms with Crippen LogP contribution in [0, 0.1) is 0 Å². The van der Waals surface area contributed by atoms with Crippen molar-refractivity contribution < 1.29 is 14.6 Å². The summed E-state index contributed by atoms with van der Waals surface area (Å²) in [7, 11) is 0. The van der Waals surface area contributed by atoms with Crippen LogP contribution in [0.1, 0.15) is 31.4 Å². The van der Waals surface area contributed by atoms with Crippen LogP contribution in [0.25, 0.3) is 0 Å². The number of ether oxygens (including phenoxy) is 1. The molecule has 0 bridgehead atoms. The first kappa shape index (κ1) is 18.0. The van der Waals surface area contributed by atoms with Crippen molar-refractivity contribution in [3.05, 3.63) is 71.8 Å². The third-order valence-electron chi connectivity index (χ3n) is 3.67. The van der Waals surface area contributed by atoms with Crippen LogP contribution >= 0.6 is 0 Å². The Kier molecular flexibility index (Phi) is 6.38. The second kappa shape index (κ2) is 8.50. The van der Waals surface area contributed by atoms with Crippen LogP contribution in [0.15, 0.2) is 60.7 Å². The zero-order chi connectivity index (χ0) is 17.4. The van der Waals surface area contributed by atoms with Crippen molar-refractivity contribution >= 4 is 6.09 Å². The fourth-order valence-corrected chi connectivity index (χ4v) is 2.26. The van der Waals surface area contributed by atoms with E-state index in [4.69, 9.17) is 4.74 Å². The molecule has 0 spiro atoms. The lowest BCUT2D eigenvalue weighted by atomic mass is 10.1. The van der Waals surface area contributed by atoms with Crippen molar-refractivity contribution in [1.82, 2.24) is 4.90 Å². The Morgan fingerprint density at radius 2 is 1.54 bits per heavy atom. The molecule has 0 unspecified atom stereocenters. The van der Waals surface area contributed by atoms with Gasteiger partial charge in [0.2, 0.25) is 0 Å². The summed E-state index contributed by atoms with van der Waals surface area (Å²) in [6.07, 6.45) is 0.118. The van der Waals surface area contributed by atoms with Gasteiger partial charge in [0.1, 0.15) is 6.61 Å². The second-order valence-corrected chi connectivity index (χ2v) is 6.51. The molecule has 2 aromatic rings. The van der Waals surface area contributed by atoms with Gasteiger partial charge in [0.25, 0.3) is 0 Å². The molecule has 1 N–H and O–H groups in total. The van der Waals surface area contributed by atoms with Gasteiger partial charge >= 0.3 is 6.09 Å². The number of carbonyl (C=O) groups excluding carboxylic acids is 1. The molecule has 0 saturated heterocycles. The average Bonchev–Trinajstić information content (AvgIpc) is 2.57. The van der Waals surface area contributed by atoms with Crippen LogP contribution in [-0.4, -0.2) is 28.2 Å². The number of amides is 1. The minimum atomic E-state index is -0.825. The zero-order valence-corrected chi connectivity index (χ0v) is 14.3. The predicted octanol–water partition coefficient (Wildman–Crippen LogP) is 3.99. The molecule has 0 atom stereocenters. The Hall–Kier alpha value is -2.33. The van der Waals surface area contributed by atoms with Crippen molar-refractivity contribution in [3.63, 3.8) is 0 Å². The van der Waals surface area contributed by atoms with Gasteiger partial charge in [-0.1, -0.05) is 60.7 Å². The summed E-state index contributed by atoms with van der Waals surface area (Å²) >= 11 is 0. The Balaban J connectivity index is 1.99. The number of nitrogens with zero attached hydrogens (tertiary/aromatic N) is 1. The number of hydrogen-bond acceptors (Lipinski definition) is 3. The van der Waals surface area contributed by atoms with Gasteiger partial charge in [0.05, 0.1) is 5.60 Å². The Morgan fingerprint density at radius 3 is 2.08 bits per heavy atom. The molecule has 0 aromatic heterocycles. The summed E-state index contributed by atoms with van der Waals surface area (Å²) < 4.78 is 5.43. The molecule has 4 nitrogen and oxygen atoms in total. The summed E-state index contributed by atoms with van der Waals surface area (Å²) in [5.74, 6) is 0. The van der Waals surface area contributed by atoms with Crippen molar-refractivity contribution in [2.45, 2.75) is 39.0 Å². The molecule has 0 radical (unpaired) electrons. The van der Waals surface area contributed by atoms with E-state index in [0.29, 0.717) is 19.5 Å². The van der Waals surface area contributed by atoms with E-state index in [2.05, 4.69) is 0 Å². The first-order valence-electron chi connectivity index (χ1n) is 8.16. The third-order valence-corrected chi connectivity index (χ3v) is 3.67. The van der Waals surface area contributed by atoms with Gasteiger partial charge in [-0.2, -0.15) is 0 Å². The molecule has 128 valence electrons. The van der Waals surface area contributed by atoms with Gasteiger partial charge in [0.15, 0.2) is 0 Å². The number of aliphatic hydroxyl groups is 1. The van der Waals surface area contributed by atoms with Crippen LogP contribution < -0.4 is 0 Å². The molecular formula is C20H25NO3. The fraction of sp³-hybridized carbons (Fsp3) is 0.350. The highest BCUT2D eigenvalue weighted by molar-refractivity contribution is 5.67. The molecule has 0 aliphatic heterocycles. The maximum Gasteiger partial charge on any atom is 0.410 e. The highest BCUT2D eigenvalue weighted by Gasteiger charge is 2.20. The summed E-state index contributed by atoms with van der Waals surface area (Å²) in [6, 6.07) is 19.4.